The van der Waals surface area contributed by atoms with Crippen molar-refractivity contribution < 1.29 is 9.53 Å². The summed E-state index contributed by atoms with van der Waals surface area (Å²) in [5, 5.41) is 1.13. The molecule has 0 aromatic heterocycles. The molecule has 0 radical (unpaired) electrons. The molecular formula is C24H30Cl2N2O2. The third kappa shape index (κ3) is 6.05. The molecule has 2 aromatic rings. The average molecular weight is 449 g/mol. The van der Waals surface area contributed by atoms with Crippen LogP contribution in [0.25, 0.3) is 0 Å². The van der Waals surface area contributed by atoms with Gasteiger partial charge in [-0.1, -0.05) is 47.0 Å². The second kappa shape index (κ2) is 9.49. The number of likely N-dealkylation sites (tertiary alicyclic amines) is 1. The van der Waals surface area contributed by atoms with Gasteiger partial charge in [0, 0.05) is 31.4 Å². The summed E-state index contributed by atoms with van der Waals surface area (Å²) >= 11 is 12.3. The average Bonchev–Trinajstić information content (AvgIpc) is 2.68. The molecule has 1 saturated heterocycles. The molecule has 0 atom stereocenters. The van der Waals surface area contributed by atoms with E-state index in [9.17, 15) is 4.79 Å². The fourth-order valence-electron chi connectivity index (χ4n) is 3.69. The summed E-state index contributed by atoms with van der Waals surface area (Å²) in [7, 11) is 0. The van der Waals surface area contributed by atoms with E-state index in [2.05, 4.69) is 36.1 Å². The maximum Gasteiger partial charge on any atom is 0.410 e. The van der Waals surface area contributed by atoms with Gasteiger partial charge in [0.25, 0.3) is 0 Å². The van der Waals surface area contributed by atoms with E-state index in [1.54, 1.807) is 0 Å². The van der Waals surface area contributed by atoms with E-state index >= 15 is 0 Å². The number of carbonyl (C=O) groups excluding carboxylic acids is 1. The number of amides is 1. The van der Waals surface area contributed by atoms with Crippen LogP contribution >= 0.6 is 23.2 Å². The number of hydrogen-bond acceptors (Lipinski definition) is 3. The van der Waals surface area contributed by atoms with Crippen LogP contribution in [0.5, 0.6) is 0 Å². The van der Waals surface area contributed by atoms with Crippen LogP contribution in [0.1, 0.15) is 44.7 Å². The quantitative estimate of drug-likeness (QED) is 0.520. The summed E-state index contributed by atoms with van der Waals surface area (Å²) < 4.78 is 5.54. The highest BCUT2D eigenvalue weighted by molar-refractivity contribution is 6.42. The molecule has 4 nitrogen and oxygen atoms in total. The first-order valence-corrected chi connectivity index (χ1v) is 11.1. The van der Waals surface area contributed by atoms with Crippen molar-refractivity contribution in [1.29, 1.82) is 0 Å². The second-order valence-corrected chi connectivity index (χ2v) is 9.72. The van der Waals surface area contributed by atoms with Crippen molar-refractivity contribution in [3.05, 3.63) is 63.6 Å². The van der Waals surface area contributed by atoms with Crippen molar-refractivity contribution in [3.63, 3.8) is 0 Å². The molecule has 1 aliphatic rings. The molecule has 30 heavy (non-hydrogen) atoms. The van der Waals surface area contributed by atoms with Crippen LogP contribution in [0.4, 0.5) is 10.5 Å². The zero-order valence-corrected chi connectivity index (χ0v) is 19.6. The Morgan fingerprint density at radius 1 is 1.07 bits per heavy atom. The van der Waals surface area contributed by atoms with Crippen molar-refractivity contribution in [2.75, 3.05) is 18.0 Å². The van der Waals surface area contributed by atoms with Gasteiger partial charge in [-0.25, -0.2) is 4.79 Å². The van der Waals surface area contributed by atoms with E-state index in [4.69, 9.17) is 27.9 Å². The molecule has 0 spiro atoms. The highest BCUT2D eigenvalue weighted by Gasteiger charge is 2.30. The van der Waals surface area contributed by atoms with Gasteiger partial charge in [0.15, 0.2) is 0 Å². The molecule has 162 valence electrons. The molecule has 1 heterocycles. The van der Waals surface area contributed by atoms with Crippen LogP contribution in [0.15, 0.2) is 42.5 Å². The number of anilines is 1. The van der Waals surface area contributed by atoms with Crippen molar-refractivity contribution in [2.24, 2.45) is 0 Å². The summed E-state index contributed by atoms with van der Waals surface area (Å²) in [6.45, 7) is 9.88. The number of aryl methyl sites for hydroxylation is 1. The second-order valence-electron chi connectivity index (χ2n) is 8.91. The van der Waals surface area contributed by atoms with E-state index in [1.165, 1.54) is 11.3 Å². The standard InChI is InChI=1S/C24H30Cl2N2O2/c1-17-5-8-19(9-6-17)28(16-18-7-10-21(25)22(26)15-18)20-11-13-27(14-12-20)23(29)30-24(2,3)4/h5-10,15,20H,11-14,16H2,1-4H3. The number of benzene rings is 2. The van der Waals surface area contributed by atoms with Crippen LogP contribution in [-0.2, 0) is 11.3 Å². The topological polar surface area (TPSA) is 32.8 Å². The number of piperidine rings is 1. The predicted molar refractivity (Wildman–Crippen MR) is 125 cm³/mol. The van der Waals surface area contributed by atoms with Gasteiger partial charge in [-0.2, -0.15) is 0 Å². The third-order valence-corrected chi connectivity index (χ3v) is 6.00. The first-order chi connectivity index (χ1) is 14.1. The van der Waals surface area contributed by atoms with Gasteiger partial charge in [-0.3, -0.25) is 0 Å². The van der Waals surface area contributed by atoms with Crippen LogP contribution in [0, 0.1) is 6.92 Å². The Labute approximate surface area is 189 Å². The largest absolute Gasteiger partial charge is 0.444 e. The lowest BCUT2D eigenvalue weighted by Crippen LogP contribution is -2.48. The molecule has 0 unspecified atom stereocenters. The predicted octanol–water partition coefficient (Wildman–Crippen LogP) is 6.71. The number of rotatable bonds is 4. The Morgan fingerprint density at radius 2 is 1.70 bits per heavy atom. The fourth-order valence-corrected chi connectivity index (χ4v) is 4.01. The molecular weight excluding hydrogens is 419 g/mol. The van der Waals surface area contributed by atoms with Crippen molar-refractivity contribution in [2.45, 2.75) is 58.7 Å². The first kappa shape index (κ1) is 22.8. The number of nitrogens with zero attached hydrogens (tertiary/aromatic N) is 2. The SMILES string of the molecule is Cc1ccc(N(Cc2ccc(Cl)c(Cl)c2)C2CCN(C(=O)OC(C)(C)C)CC2)cc1. The minimum absolute atomic E-state index is 0.229. The molecule has 6 heteroatoms. The summed E-state index contributed by atoms with van der Waals surface area (Å²) in [5.41, 5.74) is 3.03. The van der Waals surface area contributed by atoms with E-state index in [0.717, 1.165) is 24.9 Å². The van der Waals surface area contributed by atoms with Crippen molar-refractivity contribution in [1.82, 2.24) is 4.90 Å². The number of carbonyl (C=O) groups is 1. The molecule has 0 bridgehead atoms. The number of halogens is 2. The third-order valence-electron chi connectivity index (χ3n) is 5.26. The van der Waals surface area contributed by atoms with E-state index < -0.39 is 5.60 Å². The van der Waals surface area contributed by atoms with Gasteiger partial charge in [-0.15, -0.1) is 0 Å². The first-order valence-electron chi connectivity index (χ1n) is 10.4. The molecule has 1 aliphatic heterocycles. The highest BCUT2D eigenvalue weighted by Crippen LogP contribution is 2.29. The van der Waals surface area contributed by atoms with E-state index in [-0.39, 0.29) is 6.09 Å². The monoisotopic (exact) mass is 448 g/mol. The number of hydrogen-bond donors (Lipinski definition) is 0. The number of ether oxygens (including phenoxy) is 1. The van der Waals surface area contributed by atoms with Crippen molar-refractivity contribution >= 4 is 35.0 Å². The van der Waals surface area contributed by atoms with Gasteiger partial charge >= 0.3 is 6.09 Å². The zero-order chi connectivity index (χ0) is 21.9. The van der Waals surface area contributed by atoms with E-state index in [0.29, 0.717) is 29.2 Å². The molecule has 0 aliphatic carbocycles. The van der Waals surface area contributed by atoms with Crippen LogP contribution in [0.2, 0.25) is 10.0 Å². The van der Waals surface area contributed by atoms with E-state index in [1.807, 2.05) is 43.9 Å². The summed E-state index contributed by atoms with van der Waals surface area (Å²) in [6, 6.07) is 14.7. The highest BCUT2D eigenvalue weighted by atomic mass is 35.5. The van der Waals surface area contributed by atoms with Crippen LogP contribution in [-0.4, -0.2) is 35.7 Å². The summed E-state index contributed by atoms with van der Waals surface area (Å²) in [5.74, 6) is 0. The summed E-state index contributed by atoms with van der Waals surface area (Å²) in [6.07, 6.45) is 1.54. The molecule has 1 amide bonds. The Kier molecular flexibility index (Phi) is 7.20. The molecule has 0 N–H and O–H groups in total. The zero-order valence-electron chi connectivity index (χ0n) is 18.1. The lowest BCUT2D eigenvalue weighted by molar-refractivity contribution is 0.0204. The molecule has 3 rings (SSSR count). The molecule has 1 fully saturated rings. The lowest BCUT2D eigenvalue weighted by atomic mass is 10.0. The van der Waals surface area contributed by atoms with Gasteiger partial charge in [0.05, 0.1) is 10.0 Å². The normalized spacial score (nSPS) is 15.2. The van der Waals surface area contributed by atoms with Gasteiger partial charge in [0.1, 0.15) is 5.60 Å². The maximum absolute atomic E-state index is 12.4. The smallest absolute Gasteiger partial charge is 0.410 e. The Balaban J connectivity index is 1.75. The Bertz CT molecular complexity index is 870. The molecule has 2 aromatic carbocycles. The fraction of sp³-hybridized carbons (Fsp3) is 0.458. The van der Waals surface area contributed by atoms with Crippen LogP contribution in [0.3, 0.4) is 0 Å². The summed E-state index contributed by atoms with van der Waals surface area (Å²) in [4.78, 5) is 16.6. The minimum atomic E-state index is -0.476. The molecule has 0 saturated carbocycles. The van der Waals surface area contributed by atoms with Gasteiger partial charge < -0.3 is 14.5 Å². The lowest BCUT2D eigenvalue weighted by Gasteiger charge is -2.40. The Morgan fingerprint density at radius 3 is 2.27 bits per heavy atom. The Hall–Kier alpha value is -1.91. The minimum Gasteiger partial charge on any atom is -0.444 e. The van der Waals surface area contributed by atoms with Gasteiger partial charge in [-0.05, 0) is 70.4 Å². The van der Waals surface area contributed by atoms with Crippen LogP contribution < -0.4 is 4.90 Å². The maximum atomic E-state index is 12.4. The van der Waals surface area contributed by atoms with Crippen molar-refractivity contribution in [3.8, 4) is 0 Å². The van der Waals surface area contributed by atoms with Gasteiger partial charge in [0.2, 0.25) is 0 Å².